The van der Waals surface area contributed by atoms with Gasteiger partial charge >= 0.3 is 0 Å². The predicted octanol–water partition coefficient (Wildman–Crippen LogP) is 5.40. The van der Waals surface area contributed by atoms with E-state index < -0.39 is 0 Å². The molecule has 2 aromatic carbocycles. The number of benzene rings is 2. The Morgan fingerprint density at radius 2 is 1.82 bits per heavy atom. The Balaban J connectivity index is 1.35. The molecule has 0 spiro atoms. The number of hydrogen-bond donors (Lipinski definition) is 1. The lowest BCUT2D eigenvalue weighted by molar-refractivity contribution is -0.118. The van der Waals surface area contributed by atoms with Crippen LogP contribution in [0.15, 0.2) is 60.9 Å². The minimum absolute atomic E-state index is 0.199. The third kappa shape index (κ3) is 5.79. The maximum atomic E-state index is 12.2. The van der Waals surface area contributed by atoms with Crippen molar-refractivity contribution < 1.29 is 14.3 Å². The van der Waals surface area contributed by atoms with Crippen LogP contribution in [0.5, 0.6) is 17.4 Å². The van der Waals surface area contributed by atoms with E-state index in [1.165, 1.54) is 6.33 Å². The highest BCUT2D eigenvalue weighted by atomic mass is 35.5. The lowest BCUT2D eigenvalue weighted by Gasteiger charge is -2.10. The van der Waals surface area contributed by atoms with Crippen LogP contribution in [-0.4, -0.2) is 32.3 Å². The number of hydrogen-bond acceptors (Lipinski definition) is 6. The Hall–Kier alpha value is -3.62. The Morgan fingerprint density at radius 1 is 1.03 bits per heavy atom. The summed E-state index contributed by atoms with van der Waals surface area (Å²) in [6.45, 7) is 3.67. The molecule has 2 aromatic heterocycles. The smallest absolute Gasteiger partial charge is 0.262 e. The summed E-state index contributed by atoms with van der Waals surface area (Å²) in [6.07, 6.45) is 1.42. The zero-order valence-electron chi connectivity index (χ0n) is 17.8. The number of aromatic nitrogens is 4. The molecule has 4 aromatic rings. The van der Waals surface area contributed by atoms with Crippen LogP contribution >= 0.6 is 23.2 Å². The van der Waals surface area contributed by atoms with Crippen molar-refractivity contribution in [3.05, 3.63) is 82.4 Å². The van der Waals surface area contributed by atoms with Gasteiger partial charge in [0, 0.05) is 22.5 Å². The molecule has 4 rings (SSSR count). The summed E-state index contributed by atoms with van der Waals surface area (Å²) in [5.41, 5.74) is 2.44. The first-order valence-corrected chi connectivity index (χ1v) is 10.6. The van der Waals surface area contributed by atoms with Crippen molar-refractivity contribution in [2.75, 3.05) is 11.9 Å². The number of nitrogens with zero attached hydrogens (tertiary/aromatic N) is 4. The molecule has 0 fully saturated rings. The SMILES string of the molecule is Cc1cc(C)n(-c2cc(Oc3ccc(NC(=O)COc4ccc(Cl)cc4Cl)cc3)ncn2)n1. The van der Waals surface area contributed by atoms with Crippen molar-refractivity contribution in [2.45, 2.75) is 13.8 Å². The van der Waals surface area contributed by atoms with E-state index in [0.717, 1.165) is 11.4 Å². The fourth-order valence-electron chi connectivity index (χ4n) is 3.02. The van der Waals surface area contributed by atoms with E-state index in [2.05, 4.69) is 20.4 Å². The van der Waals surface area contributed by atoms with Crippen LogP contribution in [0.25, 0.3) is 5.82 Å². The van der Waals surface area contributed by atoms with Crippen LogP contribution in [0.4, 0.5) is 5.69 Å². The highest BCUT2D eigenvalue weighted by Crippen LogP contribution is 2.27. The highest BCUT2D eigenvalue weighted by molar-refractivity contribution is 6.35. The average molecular weight is 484 g/mol. The van der Waals surface area contributed by atoms with Gasteiger partial charge in [-0.25, -0.2) is 14.6 Å². The lowest BCUT2D eigenvalue weighted by atomic mass is 10.3. The molecule has 0 atom stereocenters. The van der Waals surface area contributed by atoms with Crippen molar-refractivity contribution in [3.63, 3.8) is 0 Å². The number of amides is 1. The predicted molar refractivity (Wildman–Crippen MR) is 126 cm³/mol. The van der Waals surface area contributed by atoms with Gasteiger partial charge in [0.2, 0.25) is 5.88 Å². The van der Waals surface area contributed by atoms with Crippen molar-refractivity contribution in [3.8, 4) is 23.2 Å². The number of carbonyl (C=O) groups is 1. The average Bonchev–Trinajstić information content (AvgIpc) is 3.12. The van der Waals surface area contributed by atoms with E-state index in [9.17, 15) is 4.79 Å². The number of nitrogens with one attached hydrogen (secondary N) is 1. The van der Waals surface area contributed by atoms with Crippen LogP contribution < -0.4 is 14.8 Å². The van der Waals surface area contributed by atoms with Gasteiger partial charge in [-0.05, 0) is 62.4 Å². The second kappa shape index (κ2) is 9.89. The van der Waals surface area contributed by atoms with Crippen LogP contribution in [0.2, 0.25) is 10.0 Å². The van der Waals surface area contributed by atoms with Crippen LogP contribution in [-0.2, 0) is 4.79 Å². The molecule has 1 amide bonds. The van der Waals surface area contributed by atoms with E-state index >= 15 is 0 Å². The van der Waals surface area contributed by atoms with E-state index in [1.807, 2.05) is 19.9 Å². The largest absolute Gasteiger partial charge is 0.482 e. The molecule has 1 N–H and O–H groups in total. The number of halogens is 2. The molecule has 0 radical (unpaired) electrons. The molecule has 0 saturated carbocycles. The third-order valence-corrected chi connectivity index (χ3v) is 5.00. The minimum Gasteiger partial charge on any atom is -0.482 e. The van der Waals surface area contributed by atoms with Gasteiger partial charge in [0.25, 0.3) is 5.91 Å². The van der Waals surface area contributed by atoms with Gasteiger partial charge < -0.3 is 14.8 Å². The lowest BCUT2D eigenvalue weighted by Crippen LogP contribution is -2.20. The van der Waals surface area contributed by atoms with Gasteiger partial charge in [0.05, 0.1) is 10.7 Å². The number of ether oxygens (including phenoxy) is 2. The summed E-state index contributed by atoms with van der Waals surface area (Å²) in [5.74, 6) is 1.58. The van der Waals surface area contributed by atoms with E-state index in [0.29, 0.717) is 38.9 Å². The molecule has 0 saturated heterocycles. The Bertz CT molecular complexity index is 1290. The summed E-state index contributed by atoms with van der Waals surface area (Å²) in [7, 11) is 0. The monoisotopic (exact) mass is 483 g/mol. The summed E-state index contributed by atoms with van der Waals surface area (Å²) < 4.78 is 13.0. The molecule has 0 aliphatic carbocycles. The molecule has 168 valence electrons. The number of anilines is 1. The second-order valence-corrected chi connectivity index (χ2v) is 7.94. The summed E-state index contributed by atoms with van der Waals surface area (Å²) >= 11 is 11.9. The van der Waals surface area contributed by atoms with Gasteiger partial charge in [-0.1, -0.05) is 23.2 Å². The highest BCUT2D eigenvalue weighted by Gasteiger charge is 2.09. The summed E-state index contributed by atoms with van der Waals surface area (Å²) in [6, 6.07) is 15.3. The van der Waals surface area contributed by atoms with Gasteiger partial charge in [-0.3, -0.25) is 4.79 Å². The van der Waals surface area contributed by atoms with Crippen molar-refractivity contribution in [2.24, 2.45) is 0 Å². The molecule has 0 aliphatic rings. The van der Waals surface area contributed by atoms with Gasteiger partial charge in [0.15, 0.2) is 12.4 Å². The summed E-state index contributed by atoms with van der Waals surface area (Å²) in [4.78, 5) is 20.6. The Morgan fingerprint density at radius 3 is 2.52 bits per heavy atom. The number of rotatable bonds is 7. The van der Waals surface area contributed by atoms with Gasteiger partial charge in [0.1, 0.15) is 17.8 Å². The molecule has 0 bridgehead atoms. The molecular weight excluding hydrogens is 465 g/mol. The van der Waals surface area contributed by atoms with Crippen LogP contribution in [0, 0.1) is 13.8 Å². The maximum absolute atomic E-state index is 12.2. The molecule has 10 heteroatoms. The first-order valence-electron chi connectivity index (χ1n) is 9.89. The first-order chi connectivity index (χ1) is 15.9. The van der Waals surface area contributed by atoms with Crippen molar-refractivity contribution in [1.29, 1.82) is 0 Å². The third-order valence-electron chi connectivity index (χ3n) is 4.47. The first kappa shape index (κ1) is 22.6. The standard InChI is InChI=1S/C23H19Cl2N5O3/c1-14-9-15(2)30(29-14)21-11-23(27-13-26-21)33-18-6-4-17(5-7-18)28-22(31)12-32-20-8-3-16(24)10-19(20)25/h3-11,13H,12H2,1-2H3,(H,28,31). The van der Waals surface area contributed by atoms with Crippen LogP contribution in [0.3, 0.4) is 0 Å². The van der Waals surface area contributed by atoms with E-state index in [-0.39, 0.29) is 12.5 Å². The fourth-order valence-corrected chi connectivity index (χ4v) is 3.49. The van der Waals surface area contributed by atoms with E-state index in [1.54, 1.807) is 53.2 Å². The normalized spacial score (nSPS) is 10.7. The maximum Gasteiger partial charge on any atom is 0.262 e. The minimum atomic E-state index is -0.333. The van der Waals surface area contributed by atoms with Crippen molar-refractivity contribution in [1.82, 2.24) is 19.7 Å². The van der Waals surface area contributed by atoms with Gasteiger partial charge in [-0.2, -0.15) is 5.10 Å². The number of aryl methyl sites for hydroxylation is 2. The van der Waals surface area contributed by atoms with Crippen LogP contribution in [0.1, 0.15) is 11.4 Å². The molecule has 33 heavy (non-hydrogen) atoms. The molecule has 8 nitrogen and oxygen atoms in total. The Kier molecular flexibility index (Phi) is 6.76. The zero-order valence-corrected chi connectivity index (χ0v) is 19.3. The molecule has 0 unspecified atom stereocenters. The molecular formula is C23H19Cl2N5O3. The second-order valence-electron chi connectivity index (χ2n) is 7.09. The van der Waals surface area contributed by atoms with Crippen molar-refractivity contribution >= 4 is 34.8 Å². The van der Waals surface area contributed by atoms with E-state index in [4.69, 9.17) is 32.7 Å². The quantitative estimate of drug-likeness (QED) is 0.378. The number of carbonyl (C=O) groups excluding carboxylic acids is 1. The van der Waals surface area contributed by atoms with Gasteiger partial charge in [-0.15, -0.1) is 0 Å². The molecule has 0 aliphatic heterocycles. The zero-order chi connectivity index (χ0) is 23.4. The topological polar surface area (TPSA) is 91.2 Å². The fraction of sp³-hybridized carbons (Fsp3) is 0.130. The molecule has 2 heterocycles. The summed E-state index contributed by atoms with van der Waals surface area (Å²) in [5, 5.41) is 7.99. The Labute approximate surface area is 200 Å².